The zero-order valence-corrected chi connectivity index (χ0v) is 21.4. The normalized spacial score (nSPS) is 15.9. The first-order chi connectivity index (χ1) is 16.6. The van der Waals surface area contributed by atoms with Gasteiger partial charge in [0, 0.05) is 43.6 Å². The van der Waals surface area contributed by atoms with Crippen LogP contribution in [0.15, 0.2) is 36.4 Å². The number of ether oxygens (including phenoxy) is 1. The Hall–Kier alpha value is -3.49. The highest BCUT2D eigenvalue weighted by molar-refractivity contribution is 5.98. The number of nitrogens with two attached hydrogens (primary N) is 1. The molecule has 1 saturated heterocycles. The van der Waals surface area contributed by atoms with Crippen LogP contribution in [0, 0.1) is 0 Å². The van der Waals surface area contributed by atoms with E-state index < -0.39 is 17.6 Å². The van der Waals surface area contributed by atoms with Gasteiger partial charge in [-0.05, 0) is 83.9 Å². The Balaban J connectivity index is 1.76. The number of amides is 2. The third-order valence-corrected chi connectivity index (χ3v) is 5.87. The molecule has 1 aliphatic heterocycles. The van der Waals surface area contributed by atoms with E-state index in [-0.39, 0.29) is 6.04 Å². The minimum atomic E-state index is -0.547. The highest BCUT2D eigenvalue weighted by Crippen LogP contribution is 2.26. The van der Waals surface area contributed by atoms with Crippen LogP contribution in [0.4, 0.5) is 27.8 Å². The van der Waals surface area contributed by atoms with Crippen LogP contribution in [0.5, 0.6) is 0 Å². The maximum atomic E-state index is 12.2. The van der Waals surface area contributed by atoms with Crippen molar-refractivity contribution in [3.05, 3.63) is 42.0 Å². The number of alkyl carbamates (subject to hydrolysis) is 1. The number of nitrogens with zero attached hydrogens (tertiary/aromatic N) is 3. The summed E-state index contributed by atoms with van der Waals surface area (Å²) in [6, 6.07) is 11.5. The van der Waals surface area contributed by atoms with Crippen LogP contribution in [0.25, 0.3) is 0 Å². The molecule has 0 radical (unpaired) electrons. The number of aromatic nitrogens is 1. The molecule has 9 heteroatoms. The predicted molar refractivity (Wildman–Crippen MR) is 141 cm³/mol. The summed E-state index contributed by atoms with van der Waals surface area (Å²) in [5, 5.41) is 6.22. The van der Waals surface area contributed by atoms with E-state index in [9.17, 15) is 9.59 Å². The van der Waals surface area contributed by atoms with Crippen LogP contribution < -0.4 is 26.2 Å². The highest BCUT2D eigenvalue weighted by atomic mass is 16.6. The molecule has 3 rings (SSSR count). The van der Waals surface area contributed by atoms with Gasteiger partial charge in [0.05, 0.1) is 5.56 Å². The van der Waals surface area contributed by atoms with Crippen molar-refractivity contribution < 1.29 is 14.3 Å². The van der Waals surface area contributed by atoms with Gasteiger partial charge in [-0.1, -0.05) is 0 Å². The van der Waals surface area contributed by atoms with Gasteiger partial charge >= 0.3 is 6.09 Å². The van der Waals surface area contributed by atoms with Crippen molar-refractivity contribution >= 4 is 35.0 Å². The number of carbonyl (C=O) groups excluding carboxylic acids is 2. The summed E-state index contributed by atoms with van der Waals surface area (Å²) in [5.74, 6) is 0.579. The molecule has 1 aliphatic rings. The van der Waals surface area contributed by atoms with E-state index in [1.165, 1.54) is 0 Å². The number of hydrogen-bond donors (Lipinski definition) is 3. The van der Waals surface area contributed by atoms with Crippen LogP contribution in [0.3, 0.4) is 0 Å². The van der Waals surface area contributed by atoms with Gasteiger partial charge in [-0.3, -0.25) is 4.79 Å². The number of carbonyl (C=O) groups is 2. The number of benzene rings is 1. The average Bonchev–Trinajstić information content (AvgIpc) is 2.79. The highest BCUT2D eigenvalue weighted by Gasteiger charge is 2.25. The zero-order chi connectivity index (χ0) is 25.6. The molecular formula is C26H38N6O3. The topological polar surface area (TPSA) is 113 Å². The van der Waals surface area contributed by atoms with Crippen molar-refractivity contribution in [2.24, 2.45) is 5.73 Å². The smallest absolute Gasteiger partial charge is 0.407 e. The molecule has 0 unspecified atom stereocenters. The van der Waals surface area contributed by atoms with Gasteiger partial charge in [-0.2, -0.15) is 0 Å². The Bertz CT molecular complexity index is 1010. The third-order valence-electron chi connectivity index (χ3n) is 5.87. The zero-order valence-electron chi connectivity index (χ0n) is 21.4. The van der Waals surface area contributed by atoms with Gasteiger partial charge < -0.3 is 30.9 Å². The minimum Gasteiger partial charge on any atom is -0.444 e. The third kappa shape index (κ3) is 7.24. The van der Waals surface area contributed by atoms with Crippen LogP contribution in [0.2, 0.25) is 0 Å². The second-order valence-electron chi connectivity index (χ2n) is 9.71. The minimum absolute atomic E-state index is 0.0553. The molecule has 2 heterocycles. The summed E-state index contributed by atoms with van der Waals surface area (Å²) in [5.41, 5.74) is 7.35. The van der Waals surface area contributed by atoms with Crippen molar-refractivity contribution in [2.75, 3.05) is 41.3 Å². The lowest BCUT2D eigenvalue weighted by atomic mass is 10.1. The quantitative estimate of drug-likeness (QED) is 0.515. The summed E-state index contributed by atoms with van der Waals surface area (Å²) < 4.78 is 5.40. The van der Waals surface area contributed by atoms with Gasteiger partial charge in [0.1, 0.15) is 17.2 Å². The number of rotatable bonds is 8. The Labute approximate surface area is 208 Å². The second-order valence-corrected chi connectivity index (χ2v) is 9.71. The molecule has 1 atom stereocenters. The Morgan fingerprint density at radius 1 is 1.14 bits per heavy atom. The molecule has 1 fully saturated rings. The SMILES string of the molecule is CCN(CC)c1ccc(Nc2nc(N3CCC[C@@H](NC(=O)OC(C)(C)C)C3)ccc2C(N)=O)cc1. The number of anilines is 4. The van der Waals surface area contributed by atoms with E-state index in [2.05, 4.69) is 34.3 Å². The Morgan fingerprint density at radius 2 is 1.83 bits per heavy atom. The first-order valence-corrected chi connectivity index (χ1v) is 12.3. The molecule has 2 amide bonds. The number of nitrogens with one attached hydrogen (secondary N) is 2. The number of pyridine rings is 1. The molecule has 0 bridgehead atoms. The molecule has 35 heavy (non-hydrogen) atoms. The van der Waals surface area contributed by atoms with E-state index in [4.69, 9.17) is 15.5 Å². The number of primary amides is 1. The molecular weight excluding hydrogens is 444 g/mol. The summed E-state index contributed by atoms with van der Waals surface area (Å²) in [7, 11) is 0. The summed E-state index contributed by atoms with van der Waals surface area (Å²) in [6.45, 7) is 13.0. The molecule has 0 saturated carbocycles. The van der Waals surface area contributed by atoms with Crippen LogP contribution in [-0.4, -0.2) is 54.8 Å². The molecule has 0 spiro atoms. The first-order valence-electron chi connectivity index (χ1n) is 12.3. The van der Waals surface area contributed by atoms with E-state index in [1.54, 1.807) is 12.1 Å². The van der Waals surface area contributed by atoms with Crippen LogP contribution in [0.1, 0.15) is 57.8 Å². The van der Waals surface area contributed by atoms with Crippen molar-refractivity contribution in [1.82, 2.24) is 10.3 Å². The summed E-state index contributed by atoms with van der Waals surface area (Å²) in [4.78, 5) is 33.4. The van der Waals surface area contributed by atoms with Crippen molar-refractivity contribution in [2.45, 2.75) is 59.1 Å². The fourth-order valence-corrected chi connectivity index (χ4v) is 4.18. The standard InChI is InChI=1S/C26H38N6O3/c1-6-31(7-2)20-12-10-18(11-13-20)28-24-21(23(27)33)14-15-22(30-24)32-16-8-9-19(17-32)29-25(34)35-26(3,4)5/h10-15,19H,6-9,16-17H2,1-5H3,(H2,27,33)(H,28,30)(H,29,34)/t19-/m1/s1. The fourth-order valence-electron chi connectivity index (χ4n) is 4.18. The van der Waals surface area contributed by atoms with Crippen LogP contribution >= 0.6 is 0 Å². The van der Waals surface area contributed by atoms with Gasteiger partial charge in [-0.25, -0.2) is 9.78 Å². The lowest BCUT2D eigenvalue weighted by Crippen LogP contribution is -2.49. The predicted octanol–water partition coefficient (Wildman–Crippen LogP) is 4.26. The maximum absolute atomic E-state index is 12.2. The van der Waals surface area contributed by atoms with Gasteiger partial charge in [0.2, 0.25) is 0 Å². The molecule has 9 nitrogen and oxygen atoms in total. The monoisotopic (exact) mass is 482 g/mol. The lowest BCUT2D eigenvalue weighted by Gasteiger charge is -2.34. The summed E-state index contributed by atoms with van der Waals surface area (Å²) in [6.07, 6.45) is 1.34. The summed E-state index contributed by atoms with van der Waals surface area (Å²) >= 11 is 0. The molecule has 2 aromatic rings. The van der Waals surface area contributed by atoms with Crippen molar-refractivity contribution in [3.63, 3.8) is 0 Å². The lowest BCUT2D eigenvalue weighted by molar-refractivity contribution is 0.0499. The van der Waals surface area contributed by atoms with Gasteiger partial charge in [0.25, 0.3) is 5.91 Å². The van der Waals surface area contributed by atoms with Crippen molar-refractivity contribution in [3.8, 4) is 0 Å². The largest absolute Gasteiger partial charge is 0.444 e. The first kappa shape index (κ1) is 26.1. The van der Waals surface area contributed by atoms with E-state index in [0.717, 1.165) is 43.9 Å². The van der Waals surface area contributed by atoms with Crippen LogP contribution in [-0.2, 0) is 4.74 Å². The molecule has 0 aliphatic carbocycles. The average molecular weight is 483 g/mol. The van der Waals surface area contributed by atoms with E-state index in [0.29, 0.717) is 23.7 Å². The number of hydrogen-bond acceptors (Lipinski definition) is 7. The van der Waals surface area contributed by atoms with Crippen molar-refractivity contribution in [1.29, 1.82) is 0 Å². The van der Waals surface area contributed by atoms with E-state index >= 15 is 0 Å². The maximum Gasteiger partial charge on any atom is 0.407 e. The molecule has 190 valence electrons. The Morgan fingerprint density at radius 3 is 2.43 bits per heavy atom. The fraction of sp³-hybridized carbons (Fsp3) is 0.500. The number of piperidine rings is 1. The van der Waals surface area contributed by atoms with E-state index in [1.807, 2.05) is 45.0 Å². The second kappa shape index (κ2) is 11.3. The Kier molecular flexibility index (Phi) is 8.43. The molecule has 1 aromatic carbocycles. The van der Waals surface area contributed by atoms with Gasteiger partial charge in [0.15, 0.2) is 0 Å². The van der Waals surface area contributed by atoms with Gasteiger partial charge in [-0.15, -0.1) is 0 Å². The molecule has 1 aromatic heterocycles. The molecule has 4 N–H and O–H groups in total.